The number of rotatable bonds is 5. The van der Waals surface area contributed by atoms with Crippen LogP contribution in [0.4, 0.5) is 8.78 Å². The number of nitrogens with one attached hydrogen (secondary N) is 1. The molecule has 0 aliphatic carbocycles. The van der Waals surface area contributed by atoms with E-state index >= 15 is 0 Å². The highest BCUT2D eigenvalue weighted by atomic mass is 19.1. The molecule has 1 aliphatic rings. The van der Waals surface area contributed by atoms with Gasteiger partial charge in [0.05, 0.1) is 18.3 Å². The van der Waals surface area contributed by atoms with Crippen LogP contribution in [0.25, 0.3) is 5.69 Å². The molecule has 2 amide bonds. The second-order valence-electron chi connectivity index (χ2n) is 7.46. The van der Waals surface area contributed by atoms with Gasteiger partial charge in [-0.15, -0.1) is 5.10 Å². The van der Waals surface area contributed by atoms with Crippen molar-refractivity contribution in [1.82, 2.24) is 25.2 Å². The molecule has 7 nitrogen and oxygen atoms in total. The smallest absolute Gasteiger partial charge is 0.276 e. The molecule has 1 aromatic heterocycles. The molecular formula is C22H21F2N5O2. The number of piperidine rings is 1. The van der Waals surface area contributed by atoms with E-state index in [-0.39, 0.29) is 41.6 Å². The van der Waals surface area contributed by atoms with Crippen LogP contribution in [0, 0.1) is 11.6 Å². The lowest BCUT2D eigenvalue weighted by Gasteiger charge is -2.32. The van der Waals surface area contributed by atoms with Gasteiger partial charge in [-0.05, 0) is 54.8 Å². The topological polar surface area (TPSA) is 80.1 Å². The first-order valence-corrected chi connectivity index (χ1v) is 9.99. The van der Waals surface area contributed by atoms with E-state index in [0.717, 1.165) is 5.56 Å². The van der Waals surface area contributed by atoms with E-state index in [0.29, 0.717) is 31.6 Å². The first-order chi connectivity index (χ1) is 15.0. The van der Waals surface area contributed by atoms with Crippen molar-refractivity contribution in [2.45, 2.75) is 25.3 Å². The number of hydrogen-bond donors (Lipinski definition) is 1. The van der Waals surface area contributed by atoms with Crippen LogP contribution in [0.3, 0.4) is 0 Å². The molecule has 1 N–H and O–H groups in total. The van der Waals surface area contributed by atoms with E-state index in [1.807, 2.05) is 0 Å². The predicted molar refractivity (Wildman–Crippen MR) is 108 cm³/mol. The molecule has 0 bridgehead atoms. The molecule has 2 aromatic carbocycles. The van der Waals surface area contributed by atoms with Crippen LogP contribution in [0.1, 0.15) is 28.9 Å². The fourth-order valence-corrected chi connectivity index (χ4v) is 3.54. The summed E-state index contributed by atoms with van der Waals surface area (Å²) in [5, 5.41) is 10.9. The number of carbonyl (C=O) groups excluding carboxylic acids is 2. The Morgan fingerprint density at radius 3 is 2.23 bits per heavy atom. The molecule has 1 aliphatic heterocycles. The highest BCUT2D eigenvalue weighted by Gasteiger charge is 2.26. The lowest BCUT2D eigenvalue weighted by Crippen LogP contribution is -2.47. The fraction of sp³-hybridized carbons (Fsp3) is 0.273. The number of hydrogen-bond acceptors (Lipinski definition) is 4. The number of nitrogens with zero attached hydrogens (tertiary/aromatic N) is 4. The van der Waals surface area contributed by atoms with Crippen LogP contribution in [0.2, 0.25) is 0 Å². The zero-order valence-electron chi connectivity index (χ0n) is 16.7. The highest BCUT2D eigenvalue weighted by Crippen LogP contribution is 2.15. The molecule has 0 saturated carbocycles. The van der Waals surface area contributed by atoms with E-state index in [2.05, 4.69) is 15.6 Å². The Morgan fingerprint density at radius 2 is 1.58 bits per heavy atom. The van der Waals surface area contributed by atoms with Crippen molar-refractivity contribution in [3.63, 3.8) is 0 Å². The van der Waals surface area contributed by atoms with Gasteiger partial charge in [-0.2, -0.15) is 0 Å². The van der Waals surface area contributed by atoms with Gasteiger partial charge in [-0.3, -0.25) is 9.59 Å². The third-order valence-electron chi connectivity index (χ3n) is 5.23. The summed E-state index contributed by atoms with van der Waals surface area (Å²) in [4.78, 5) is 26.6. The van der Waals surface area contributed by atoms with Crippen molar-refractivity contribution >= 4 is 11.8 Å². The first-order valence-electron chi connectivity index (χ1n) is 9.99. The Labute approximate surface area is 177 Å². The minimum absolute atomic E-state index is 0.0214. The van der Waals surface area contributed by atoms with Crippen molar-refractivity contribution in [2.24, 2.45) is 0 Å². The molecule has 0 atom stereocenters. The van der Waals surface area contributed by atoms with E-state index in [9.17, 15) is 18.4 Å². The molecule has 1 saturated heterocycles. The van der Waals surface area contributed by atoms with Gasteiger partial charge in [-0.1, -0.05) is 17.3 Å². The highest BCUT2D eigenvalue weighted by molar-refractivity contribution is 5.92. The van der Waals surface area contributed by atoms with Crippen molar-refractivity contribution < 1.29 is 18.4 Å². The van der Waals surface area contributed by atoms with E-state index in [4.69, 9.17) is 0 Å². The molecule has 2 heterocycles. The largest absolute Gasteiger partial charge is 0.353 e. The normalized spacial score (nSPS) is 14.5. The molecule has 3 aromatic rings. The molecule has 1 fully saturated rings. The Kier molecular flexibility index (Phi) is 6.01. The van der Waals surface area contributed by atoms with Gasteiger partial charge < -0.3 is 10.2 Å². The maximum absolute atomic E-state index is 13.1. The summed E-state index contributed by atoms with van der Waals surface area (Å²) in [5.74, 6) is -1.05. The summed E-state index contributed by atoms with van der Waals surface area (Å²) in [5.41, 5.74) is 1.56. The Morgan fingerprint density at radius 1 is 0.968 bits per heavy atom. The fourth-order valence-electron chi connectivity index (χ4n) is 3.54. The molecule has 9 heteroatoms. The van der Waals surface area contributed by atoms with E-state index in [1.54, 1.807) is 29.2 Å². The van der Waals surface area contributed by atoms with Gasteiger partial charge in [0.15, 0.2) is 5.69 Å². The number of aromatic nitrogens is 3. The molecule has 31 heavy (non-hydrogen) atoms. The lowest BCUT2D eigenvalue weighted by atomic mass is 10.0. The summed E-state index contributed by atoms with van der Waals surface area (Å²) < 4.78 is 27.5. The van der Waals surface area contributed by atoms with Crippen LogP contribution >= 0.6 is 0 Å². The number of benzene rings is 2. The SMILES string of the molecule is O=C(Cc1ccc(F)cc1)NC1CCN(C(=O)c2cn(-c3ccc(F)cc3)nn2)CC1. The van der Waals surface area contributed by atoms with Gasteiger partial charge in [0.25, 0.3) is 5.91 Å². The predicted octanol–water partition coefficient (Wildman–Crippen LogP) is 2.51. The van der Waals surface area contributed by atoms with Gasteiger partial charge in [0.2, 0.25) is 5.91 Å². The van der Waals surface area contributed by atoms with Crippen LogP contribution in [-0.2, 0) is 11.2 Å². The lowest BCUT2D eigenvalue weighted by molar-refractivity contribution is -0.121. The Bertz CT molecular complexity index is 1060. The van der Waals surface area contributed by atoms with E-state index in [1.165, 1.54) is 35.1 Å². The molecule has 0 spiro atoms. The number of amides is 2. The van der Waals surface area contributed by atoms with Crippen LogP contribution in [0.5, 0.6) is 0 Å². The van der Waals surface area contributed by atoms with Gasteiger partial charge in [0.1, 0.15) is 11.6 Å². The Balaban J connectivity index is 1.28. The van der Waals surface area contributed by atoms with Gasteiger partial charge in [0, 0.05) is 19.1 Å². The zero-order chi connectivity index (χ0) is 21.8. The molecule has 0 unspecified atom stereocenters. The molecular weight excluding hydrogens is 404 g/mol. The first kappa shape index (κ1) is 20.6. The quantitative estimate of drug-likeness (QED) is 0.681. The second kappa shape index (κ2) is 9.03. The van der Waals surface area contributed by atoms with Crippen LogP contribution in [0.15, 0.2) is 54.7 Å². The van der Waals surface area contributed by atoms with Gasteiger partial charge >= 0.3 is 0 Å². The summed E-state index contributed by atoms with van der Waals surface area (Å²) in [7, 11) is 0. The molecule has 4 rings (SSSR count). The maximum atomic E-state index is 13.1. The third kappa shape index (κ3) is 5.11. The molecule has 0 radical (unpaired) electrons. The minimum Gasteiger partial charge on any atom is -0.353 e. The Hall–Kier alpha value is -3.62. The monoisotopic (exact) mass is 425 g/mol. The summed E-state index contributed by atoms with van der Waals surface area (Å²) in [6, 6.07) is 11.6. The summed E-state index contributed by atoms with van der Waals surface area (Å²) in [6.07, 6.45) is 2.97. The second-order valence-corrected chi connectivity index (χ2v) is 7.46. The van der Waals surface area contributed by atoms with Crippen molar-refractivity contribution in [3.8, 4) is 5.69 Å². The van der Waals surface area contributed by atoms with Crippen molar-refractivity contribution in [3.05, 3.63) is 77.6 Å². The maximum Gasteiger partial charge on any atom is 0.276 e. The zero-order valence-corrected chi connectivity index (χ0v) is 16.7. The van der Waals surface area contributed by atoms with Gasteiger partial charge in [-0.25, -0.2) is 13.5 Å². The third-order valence-corrected chi connectivity index (χ3v) is 5.23. The van der Waals surface area contributed by atoms with Crippen LogP contribution in [-0.4, -0.2) is 50.8 Å². The van der Waals surface area contributed by atoms with Crippen LogP contribution < -0.4 is 5.32 Å². The van der Waals surface area contributed by atoms with E-state index < -0.39 is 0 Å². The summed E-state index contributed by atoms with van der Waals surface area (Å²) in [6.45, 7) is 0.980. The van der Waals surface area contributed by atoms with Crippen molar-refractivity contribution in [1.29, 1.82) is 0 Å². The number of carbonyl (C=O) groups is 2. The minimum atomic E-state index is -0.354. The van der Waals surface area contributed by atoms with Crippen molar-refractivity contribution in [2.75, 3.05) is 13.1 Å². The number of likely N-dealkylation sites (tertiary alicyclic amines) is 1. The molecule has 160 valence electrons. The average Bonchev–Trinajstić information content (AvgIpc) is 3.26. The average molecular weight is 425 g/mol. The summed E-state index contributed by atoms with van der Waals surface area (Å²) >= 11 is 0. The number of halogens is 2. The standard InChI is InChI=1S/C22H21F2N5O2/c23-16-3-1-15(2-4-16)13-21(30)25-18-9-11-28(12-10-18)22(31)20-14-29(27-26-20)19-7-5-17(24)6-8-19/h1-8,14,18H,9-13H2,(H,25,30).